The molecular weight excluding hydrogens is 443 g/mol. The highest BCUT2D eigenvalue weighted by molar-refractivity contribution is 7.09. The van der Waals surface area contributed by atoms with E-state index in [0.29, 0.717) is 0 Å². The van der Waals surface area contributed by atoms with Gasteiger partial charge in [-0.2, -0.15) is 13.2 Å². The molecule has 32 heavy (non-hydrogen) atoms. The molecular formula is C22H20F3N3O3S. The molecule has 0 aliphatic rings. The van der Waals surface area contributed by atoms with Gasteiger partial charge in [-0.05, 0) is 42.6 Å². The highest BCUT2D eigenvalue weighted by Crippen LogP contribution is 2.30. The number of carbonyl (C=O) groups excluding carboxylic acids is 2. The van der Waals surface area contributed by atoms with Gasteiger partial charge < -0.3 is 10.2 Å². The van der Waals surface area contributed by atoms with Crippen LogP contribution in [0.25, 0.3) is 5.69 Å². The summed E-state index contributed by atoms with van der Waals surface area (Å²) in [5, 5.41) is 4.46. The summed E-state index contributed by atoms with van der Waals surface area (Å²) in [6, 6.07) is 8.99. The van der Waals surface area contributed by atoms with Crippen LogP contribution in [0, 0.1) is 6.92 Å². The molecule has 3 rings (SSSR count). The van der Waals surface area contributed by atoms with E-state index < -0.39 is 29.1 Å². The van der Waals surface area contributed by atoms with E-state index in [9.17, 15) is 27.6 Å². The molecule has 10 heteroatoms. The Hall–Kier alpha value is -3.40. The van der Waals surface area contributed by atoms with Crippen molar-refractivity contribution in [3.05, 3.63) is 85.5 Å². The third kappa shape index (κ3) is 4.75. The SMILES string of the molecule is Cc1c(C(=O)N(C)C)cc(C(=O)NCc2cccs2)c(=O)n1-c1cccc(C(F)(F)F)c1. The predicted molar refractivity (Wildman–Crippen MR) is 115 cm³/mol. The Morgan fingerprint density at radius 1 is 1.09 bits per heavy atom. The molecule has 0 unspecified atom stereocenters. The Kier molecular flexibility index (Phi) is 6.54. The number of amides is 2. The Morgan fingerprint density at radius 2 is 1.81 bits per heavy atom. The number of pyridine rings is 1. The van der Waals surface area contributed by atoms with Crippen molar-refractivity contribution in [2.24, 2.45) is 0 Å². The second kappa shape index (κ2) is 8.99. The summed E-state index contributed by atoms with van der Waals surface area (Å²) in [6.07, 6.45) is -4.62. The van der Waals surface area contributed by atoms with Crippen LogP contribution in [0.15, 0.2) is 52.6 Å². The van der Waals surface area contributed by atoms with Crippen molar-refractivity contribution in [1.29, 1.82) is 0 Å². The number of carbonyl (C=O) groups is 2. The van der Waals surface area contributed by atoms with Crippen LogP contribution in [-0.2, 0) is 12.7 Å². The normalized spacial score (nSPS) is 11.3. The molecule has 0 saturated heterocycles. The lowest BCUT2D eigenvalue weighted by molar-refractivity contribution is -0.137. The fraction of sp³-hybridized carbons (Fsp3) is 0.227. The average molecular weight is 463 g/mol. The Bertz CT molecular complexity index is 1220. The fourth-order valence-corrected chi connectivity index (χ4v) is 3.78. The highest BCUT2D eigenvalue weighted by atomic mass is 32.1. The number of hydrogen-bond donors (Lipinski definition) is 1. The van der Waals surface area contributed by atoms with Crippen LogP contribution in [0.2, 0.25) is 0 Å². The number of halogens is 3. The molecule has 0 spiro atoms. The van der Waals surface area contributed by atoms with Crippen LogP contribution < -0.4 is 10.9 Å². The molecule has 3 aromatic rings. The molecule has 0 fully saturated rings. The number of alkyl halides is 3. The lowest BCUT2D eigenvalue weighted by Crippen LogP contribution is -2.35. The number of nitrogens with one attached hydrogen (secondary N) is 1. The molecule has 0 aliphatic heterocycles. The van der Waals surface area contributed by atoms with Crippen LogP contribution in [0.5, 0.6) is 0 Å². The summed E-state index contributed by atoms with van der Waals surface area (Å²) in [5.74, 6) is -1.22. The van der Waals surface area contributed by atoms with Gasteiger partial charge in [-0.25, -0.2) is 0 Å². The minimum Gasteiger partial charge on any atom is -0.347 e. The standard InChI is InChI=1S/C22H20F3N3O3S/c1-13-17(20(30)27(2)3)11-18(19(29)26-12-16-8-5-9-32-16)21(31)28(13)15-7-4-6-14(10-15)22(23,24)25/h4-11H,12H2,1-3H3,(H,26,29). The highest BCUT2D eigenvalue weighted by Gasteiger charge is 2.31. The Morgan fingerprint density at radius 3 is 2.41 bits per heavy atom. The van der Waals surface area contributed by atoms with Crippen molar-refractivity contribution in [3.63, 3.8) is 0 Å². The zero-order chi connectivity index (χ0) is 23.6. The van der Waals surface area contributed by atoms with Gasteiger partial charge in [0.1, 0.15) is 5.56 Å². The molecule has 2 aromatic heterocycles. The van der Waals surface area contributed by atoms with E-state index in [2.05, 4.69) is 5.32 Å². The van der Waals surface area contributed by atoms with Gasteiger partial charge in [-0.15, -0.1) is 11.3 Å². The van der Waals surface area contributed by atoms with Crippen molar-refractivity contribution in [2.75, 3.05) is 14.1 Å². The minimum atomic E-state index is -4.62. The lowest BCUT2D eigenvalue weighted by Gasteiger charge is -2.19. The molecule has 2 amide bonds. The smallest absolute Gasteiger partial charge is 0.347 e. The first-order valence-corrected chi connectivity index (χ1v) is 10.3. The number of benzene rings is 1. The molecule has 2 heterocycles. The molecule has 168 valence electrons. The molecule has 0 radical (unpaired) electrons. The van der Waals surface area contributed by atoms with Gasteiger partial charge in [-0.1, -0.05) is 12.1 Å². The first kappa shape index (κ1) is 23.3. The zero-order valence-electron chi connectivity index (χ0n) is 17.5. The first-order chi connectivity index (χ1) is 15.0. The van der Waals surface area contributed by atoms with E-state index in [0.717, 1.165) is 21.6 Å². The van der Waals surface area contributed by atoms with Crippen LogP contribution >= 0.6 is 11.3 Å². The molecule has 1 aromatic carbocycles. The number of aromatic nitrogens is 1. The molecule has 0 bridgehead atoms. The molecule has 0 aliphatic carbocycles. The molecule has 0 atom stereocenters. The van der Waals surface area contributed by atoms with Crippen molar-refractivity contribution in [2.45, 2.75) is 19.6 Å². The van der Waals surface area contributed by atoms with Crippen molar-refractivity contribution in [1.82, 2.24) is 14.8 Å². The number of hydrogen-bond acceptors (Lipinski definition) is 4. The van der Waals surface area contributed by atoms with Crippen molar-refractivity contribution >= 4 is 23.2 Å². The molecule has 1 N–H and O–H groups in total. The van der Waals surface area contributed by atoms with Crippen molar-refractivity contribution in [3.8, 4) is 5.69 Å². The van der Waals surface area contributed by atoms with Gasteiger partial charge >= 0.3 is 6.18 Å². The van der Waals surface area contributed by atoms with E-state index in [1.54, 1.807) is 0 Å². The summed E-state index contributed by atoms with van der Waals surface area (Å²) in [4.78, 5) is 40.8. The average Bonchev–Trinajstić information content (AvgIpc) is 3.25. The minimum absolute atomic E-state index is 0.0354. The summed E-state index contributed by atoms with van der Waals surface area (Å²) >= 11 is 1.42. The van der Waals surface area contributed by atoms with Gasteiger partial charge in [0.25, 0.3) is 17.4 Å². The Labute approximate surface area is 185 Å². The van der Waals surface area contributed by atoms with Crippen LogP contribution in [-0.4, -0.2) is 35.4 Å². The van der Waals surface area contributed by atoms with E-state index in [4.69, 9.17) is 0 Å². The second-order valence-electron chi connectivity index (χ2n) is 7.21. The van der Waals surface area contributed by atoms with Gasteiger partial charge in [-0.3, -0.25) is 19.0 Å². The van der Waals surface area contributed by atoms with Crippen LogP contribution in [0.3, 0.4) is 0 Å². The van der Waals surface area contributed by atoms with Gasteiger partial charge in [0.2, 0.25) is 0 Å². The van der Waals surface area contributed by atoms with E-state index in [-0.39, 0.29) is 29.1 Å². The number of thiophene rings is 1. The Balaban J connectivity index is 2.17. The predicted octanol–water partition coefficient (Wildman–Crippen LogP) is 3.86. The van der Waals surface area contributed by atoms with Gasteiger partial charge in [0, 0.05) is 30.4 Å². The summed E-state index contributed by atoms with van der Waals surface area (Å²) in [7, 11) is 3.00. The topological polar surface area (TPSA) is 71.4 Å². The monoisotopic (exact) mass is 463 g/mol. The molecule has 0 saturated carbocycles. The van der Waals surface area contributed by atoms with Crippen LogP contribution in [0.1, 0.15) is 36.9 Å². The maximum absolute atomic E-state index is 13.2. The number of nitrogens with zero attached hydrogens (tertiary/aromatic N) is 2. The number of rotatable bonds is 5. The quantitative estimate of drug-likeness (QED) is 0.625. The zero-order valence-corrected chi connectivity index (χ0v) is 18.3. The first-order valence-electron chi connectivity index (χ1n) is 9.47. The molecule has 6 nitrogen and oxygen atoms in total. The second-order valence-corrected chi connectivity index (χ2v) is 8.24. The summed E-state index contributed by atoms with van der Waals surface area (Å²) in [5.41, 5.74) is -2.04. The third-order valence-electron chi connectivity index (χ3n) is 4.76. The maximum atomic E-state index is 13.2. The van der Waals surface area contributed by atoms with E-state index >= 15 is 0 Å². The van der Waals surface area contributed by atoms with Gasteiger partial charge in [0.05, 0.1) is 17.7 Å². The van der Waals surface area contributed by atoms with Gasteiger partial charge in [0.15, 0.2) is 0 Å². The maximum Gasteiger partial charge on any atom is 0.416 e. The van der Waals surface area contributed by atoms with E-state index in [1.807, 2.05) is 17.5 Å². The lowest BCUT2D eigenvalue weighted by atomic mass is 10.1. The van der Waals surface area contributed by atoms with Crippen LogP contribution in [0.4, 0.5) is 13.2 Å². The van der Waals surface area contributed by atoms with Crippen molar-refractivity contribution < 1.29 is 22.8 Å². The fourth-order valence-electron chi connectivity index (χ4n) is 3.13. The van der Waals surface area contributed by atoms with E-state index in [1.165, 1.54) is 55.5 Å². The summed E-state index contributed by atoms with van der Waals surface area (Å²) in [6.45, 7) is 1.62. The largest absolute Gasteiger partial charge is 0.416 e. The third-order valence-corrected chi connectivity index (χ3v) is 5.64. The summed E-state index contributed by atoms with van der Waals surface area (Å²) < 4.78 is 40.7.